The zero-order valence-corrected chi connectivity index (χ0v) is 12.6. The summed E-state index contributed by atoms with van der Waals surface area (Å²) < 4.78 is 0. The molecule has 19 heavy (non-hydrogen) atoms. The van der Waals surface area contributed by atoms with Gasteiger partial charge in [-0.1, -0.05) is 30.3 Å². The lowest BCUT2D eigenvalue weighted by Crippen LogP contribution is -2.43. The number of rotatable bonds is 6. The number of carbonyl (C=O) groups is 1. The second-order valence-electron chi connectivity index (χ2n) is 5.73. The minimum absolute atomic E-state index is 0.175. The lowest BCUT2D eigenvalue weighted by atomic mass is 10.1. The van der Waals surface area contributed by atoms with E-state index in [9.17, 15) is 4.79 Å². The van der Waals surface area contributed by atoms with Crippen LogP contribution in [0.25, 0.3) is 0 Å². The Morgan fingerprint density at radius 1 is 1.32 bits per heavy atom. The van der Waals surface area contributed by atoms with E-state index in [0.29, 0.717) is 6.42 Å². The maximum absolute atomic E-state index is 12.5. The molecule has 3 heteroatoms. The van der Waals surface area contributed by atoms with Gasteiger partial charge < -0.3 is 4.90 Å². The summed E-state index contributed by atoms with van der Waals surface area (Å²) >= 11 is 4.52. The third kappa shape index (κ3) is 4.27. The second-order valence-corrected chi connectivity index (χ2v) is 6.36. The monoisotopic (exact) mass is 277 g/mol. The van der Waals surface area contributed by atoms with Crippen LogP contribution in [-0.4, -0.2) is 28.6 Å². The van der Waals surface area contributed by atoms with E-state index in [0.717, 1.165) is 12.5 Å². The van der Waals surface area contributed by atoms with Crippen molar-refractivity contribution in [1.29, 1.82) is 0 Å². The molecule has 1 saturated carbocycles. The molecule has 1 aliphatic rings. The number of hydrogen-bond acceptors (Lipinski definition) is 2. The molecule has 2 rings (SSSR count). The van der Waals surface area contributed by atoms with Crippen LogP contribution in [0.4, 0.5) is 0 Å². The molecule has 2 nitrogen and oxygen atoms in total. The highest BCUT2D eigenvalue weighted by Crippen LogP contribution is 2.30. The smallest absolute Gasteiger partial charge is 0.236 e. The second kappa shape index (κ2) is 6.47. The van der Waals surface area contributed by atoms with E-state index in [1.54, 1.807) is 0 Å². The molecule has 104 valence electrons. The van der Waals surface area contributed by atoms with E-state index in [2.05, 4.69) is 38.6 Å². The van der Waals surface area contributed by atoms with Crippen LogP contribution in [-0.2, 0) is 11.2 Å². The van der Waals surface area contributed by atoms with Crippen LogP contribution in [0.2, 0.25) is 0 Å². The number of thiol groups is 1. The fourth-order valence-electron chi connectivity index (χ4n) is 2.25. The Morgan fingerprint density at radius 2 is 1.95 bits per heavy atom. The van der Waals surface area contributed by atoms with Gasteiger partial charge in [-0.25, -0.2) is 0 Å². The third-order valence-electron chi connectivity index (χ3n) is 3.62. The third-order valence-corrected chi connectivity index (χ3v) is 4.02. The number of nitrogens with zero attached hydrogens (tertiary/aromatic N) is 1. The molecule has 1 amide bonds. The quantitative estimate of drug-likeness (QED) is 0.792. The van der Waals surface area contributed by atoms with E-state index < -0.39 is 0 Å². The van der Waals surface area contributed by atoms with Crippen LogP contribution < -0.4 is 0 Å². The Balaban J connectivity index is 1.95. The minimum atomic E-state index is -0.233. The number of hydrogen-bond donors (Lipinski definition) is 1. The van der Waals surface area contributed by atoms with Crippen LogP contribution in [0.5, 0.6) is 0 Å². The molecule has 0 bridgehead atoms. The van der Waals surface area contributed by atoms with Crippen molar-refractivity contribution in [2.75, 3.05) is 6.54 Å². The van der Waals surface area contributed by atoms with Crippen molar-refractivity contribution in [2.24, 2.45) is 5.92 Å². The SMILES string of the molecule is CC(C)N(CC1CC1)C(=O)C(S)Cc1ccccc1. The van der Waals surface area contributed by atoms with E-state index in [1.807, 2.05) is 23.1 Å². The van der Waals surface area contributed by atoms with Crippen molar-refractivity contribution in [3.63, 3.8) is 0 Å². The molecule has 1 aromatic carbocycles. The van der Waals surface area contributed by atoms with Crippen molar-refractivity contribution >= 4 is 18.5 Å². The van der Waals surface area contributed by atoms with E-state index in [-0.39, 0.29) is 17.2 Å². The van der Waals surface area contributed by atoms with Crippen molar-refractivity contribution in [3.05, 3.63) is 35.9 Å². The molecule has 0 aromatic heterocycles. The maximum atomic E-state index is 12.5. The molecule has 0 radical (unpaired) electrons. The molecule has 0 N–H and O–H groups in total. The fraction of sp³-hybridized carbons (Fsp3) is 0.562. The average Bonchev–Trinajstić information content (AvgIpc) is 3.20. The molecule has 0 saturated heterocycles. The summed E-state index contributed by atoms with van der Waals surface area (Å²) in [7, 11) is 0. The average molecular weight is 277 g/mol. The van der Waals surface area contributed by atoms with Crippen LogP contribution in [0, 0.1) is 5.92 Å². The highest BCUT2D eigenvalue weighted by Gasteiger charge is 2.30. The number of benzene rings is 1. The highest BCUT2D eigenvalue weighted by atomic mass is 32.1. The first-order valence-corrected chi connectivity index (χ1v) is 7.62. The molecule has 1 unspecified atom stereocenters. The Bertz CT molecular complexity index is 414. The van der Waals surface area contributed by atoms with Gasteiger partial charge in [0.05, 0.1) is 5.25 Å². The van der Waals surface area contributed by atoms with Gasteiger partial charge in [-0.2, -0.15) is 12.6 Å². The Morgan fingerprint density at radius 3 is 2.47 bits per heavy atom. The number of amides is 1. The van der Waals surface area contributed by atoms with Crippen molar-refractivity contribution < 1.29 is 4.79 Å². The summed E-state index contributed by atoms with van der Waals surface area (Å²) in [6.45, 7) is 5.08. The minimum Gasteiger partial charge on any atom is -0.339 e. The van der Waals surface area contributed by atoms with Crippen LogP contribution in [0.3, 0.4) is 0 Å². The summed E-state index contributed by atoms with van der Waals surface area (Å²) in [6, 6.07) is 10.4. The largest absolute Gasteiger partial charge is 0.339 e. The van der Waals surface area contributed by atoms with Crippen LogP contribution >= 0.6 is 12.6 Å². The molecule has 0 spiro atoms. The standard InChI is InChI=1S/C16H23NOS/c1-12(2)17(11-14-8-9-14)16(18)15(19)10-13-6-4-3-5-7-13/h3-7,12,14-15,19H,8-11H2,1-2H3. The van der Waals surface area contributed by atoms with Gasteiger partial charge in [0, 0.05) is 12.6 Å². The zero-order chi connectivity index (χ0) is 13.8. The van der Waals surface area contributed by atoms with Gasteiger partial charge in [-0.3, -0.25) is 4.79 Å². The van der Waals surface area contributed by atoms with E-state index in [1.165, 1.54) is 18.4 Å². The predicted molar refractivity (Wildman–Crippen MR) is 82.5 cm³/mol. The summed E-state index contributed by atoms with van der Waals surface area (Å²) in [5, 5.41) is -0.233. The van der Waals surface area contributed by atoms with Crippen molar-refractivity contribution in [2.45, 2.75) is 44.4 Å². The molecular formula is C16H23NOS. The lowest BCUT2D eigenvalue weighted by Gasteiger charge is -2.29. The molecule has 1 fully saturated rings. The topological polar surface area (TPSA) is 20.3 Å². The molecule has 0 aliphatic heterocycles. The highest BCUT2D eigenvalue weighted by molar-refractivity contribution is 7.81. The fourth-order valence-corrected chi connectivity index (χ4v) is 2.61. The summed E-state index contributed by atoms with van der Waals surface area (Å²) in [4.78, 5) is 14.5. The van der Waals surface area contributed by atoms with Crippen LogP contribution in [0.1, 0.15) is 32.3 Å². The van der Waals surface area contributed by atoms with Gasteiger partial charge in [0.15, 0.2) is 0 Å². The van der Waals surface area contributed by atoms with E-state index >= 15 is 0 Å². The molecule has 1 atom stereocenters. The predicted octanol–water partition coefficient (Wildman–Crippen LogP) is 3.17. The summed E-state index contributed by atoms with van der Waals surface area (Å²) in [5.74, 6) is 0.901. The lowest BCUT2D eigenvalue weighted by molar-refractivity contribution is -0.132. The first kappa shape index (κ1) is 14.4. The van der Waals surface area contributed by atoms with Gasteiger partial charge >= 0.3 is 0 Å². The normalized spacial score (nSPS) is 16.4. The van der Waals surface area contributed by atoms with Gasteiger partial charge in [0.2, 0.25) is 5.91 Å². The zero-order valence-electron chi connectivity index (χ0n) is 11.7. The van der Waals surface area contributed by atoms with E-state index in [4.69, 9.17) is 0 Å². The Hall–Kier alpha value is -0.960. The van der Waals surface area contributed by atoms with Crippen molar-refractivity contribution in [3.8, 4) is 0 Å². The maximum Gasteiger partial charge on any atom is 0.236 e. The number of carbonyl (C=O) groups excluding carboxylic acids is 1. The van der Waals surface area contributed by atoms with Gasteiger partial charge in [0.1, 0.15) is 0 Å². The summed E-state index contributed by atoms with van der Waals surface area (Å²) in [6.07, 6.45) is 3.25. The molecule has 1 aromatic rings. The van der Waals surface area contributed by atoms with Gasteiger partial charge in [0.25, 0.3) is 0 Å². The first-order valence-electron chi connectivity index (χ1n) is 7.10. The Kier molecular flexibility index (Phi) is 4.92. The van der Waals surface area contributed by atoms with Crippen LogP contribution in [0.15, 0.2) is 30.3 Å². The van der Waals surface area contributed by atoms with Gasteiger partial charge in [-0.15, -0.1) is 0 Å². The molecule has 1 aliphatic carbocycles. The van der Waals surface area contributed by atoms with Gasteiger partial charge in [-0.05, 0) is 44.6 Å². The van der Waals surface area contributed by atoms with Crippen molar-refractivity contribution in [1.82, 2.24) is 4.90 Å². The Labute approximate surface area is 121 Å². The molecular weight excluding hydrogens is 254 g/mol. The summed E-state index contributed by atoms with van der Waals surface area (Å²) in [5.41, 5.74) is 1.17. The molecule has 0 heterocycles. The first-order chi connectivity index (χ1) is 9.08.